The molecule has 3 aliphatic rings. The van der Waals surface area contributed by atoms with E-state index in [1.54, 1.807) is 42.3 Å². The van der Waals surface area contributed by atoms with Gasteiger partial charge in [0.15, 0.2) is 5.78 Å². The van der Waals surface area contributed by atoms with Crippen molar-refractivity contribution in [2.45, 2.75) is 50.9 Å². The quantitative estimate of drug-likeness (QED) is 0.342. The highest BCUT2D eigenvalue weighted by Gasteiger charge is 2.32. The fourth-order valence-corrected chi connectivity index (χ4v) is 6.72. The van der Waals surface area contributed by atoms with Crippen molar-refractivity contribution in [2.75, 3.05) is 51.3 Å². The second kappa shape index (κ2) is 14.4. The second-order valence-corrected chi connectivity index (χ2v) is 12.6. The summed E-state index contributed by atoms with van der Waals surface area (Å²) in [6.45, 7) is 4.75. The first-order valence-electron chi connectivity index (χ1n) is 16.3. The van der Waals surface area contributed by atoms with Gasteiger partial charge in [-0.3, -0.25) is 24.3 Å². The van der Waals surface area contributed by atoms with Gasteiger partial charge in [-0.25, -0.2) is 4.39 Å². The van der Waals surface area contributed by atoms with Crippen LogP contribution in [0.1, 0.15) is 68.9 Å². The van der Waals surface area contributed by atoms with Crippen LogP contribution in [-0.2, 0) is 6.54 Å². The summed E-state index contributed by atoms with van der Waals surface area (Å²) in [7, 11) is 1.59. The molecule has 2 atom stereocenters. The van der Waals surface area contributed by atoms with Crippen LogP contribution in [0.25, 0.3) is 0 Å². The number of aromatic nitrogens is 1. The van der Waals surface area contributed by atoms with E-state index in [0.717, 1.165) is 18.7 Å². The van der Waals surface area contributed by atoms with Crippen LogP contribution in [0.2, 0.25) is 0 Å². The van der Waals surface area contributed by atoms with Crippen LogP contribution >= 0.6 is 0 Å². The molecule has 1 N–H and O–H groups in total. The molecule has 0 saturated carbocycles. The minimum Gasteiger partial charge on any atom is -0.497 e. The van der Waals surface area contributed by atoms with Crippen molar-refractivity contribution in [3.63, 3.8) is 0 Å². The van der Waals surface area contributed by atoms with Gasteiger partial charge in [0.2, 0.25) is 0 Å². The number of nitrogens with one attached hydrogen (secondary N) is 1. The number of amides is 2. The summed E-state index contributed by atoms with van der Waals surface area (Å²) < 4.78 is 20.3. The number of rotatable bonds is 9. The number of carbonyl (C=O) groups excluding carboxylic acids is 3. The number of alkyl halides is 1. The van der Waals surface area contributed by atoms with Gasteiger partial charge >= 0.3 is 0 Å². The molecule has 2 aromatic carbocycles. The maximum Gasteiger partial charge on any atom is 0.272 e. The zero-order valence-corrected chi connectivity index (χ0v) is 26.4. The Morgan fingerprint density at radius 3 is 2.20 bits per heavy atom. The lowest BCUT2D eigenvalue weighted by Crippen LogP contribution is -2.52. The lowest BCUT2D eigenvalue weighted by Gasteiger charge is -2.35. The Morgan fingerprint density at radius 2 is 1.57 bits per heavy atom. The Bertz CT molecular complexity index is 1500. The van der Waals surface area contributed by atoms with Crippen LogP contribution in [0.15, 0.2) is 66.9 Å². The van der Waals surface area contributed by atoms with Crippen molar-refractivity contribution >= 4 is 23.3 Å². The first-order chi connectivity index (χ1) is 22.4. The summed E-state index contributed by atoms with van der Waals surface area (Å²) in [4.78, 5) is 49.4. The maximum atomic E-state index is 15.2. The third-order valence-corrected chi connectivity index (χ3v) is 9.53. The molecule has 3 saturated heterocycles. The average molecular weight is 628 g/mol. The van der Waals surface area contributed by atoms with Gasteiger partial charge < -0.3 is 19.9 Å². The van der Waals surface area contributed by atoms with E-state index in [1.807, 2.05) is 0 Å². The average Bonchev–Trinajstić information content (AvgIpc) is 3.65. The first-order valence-corrected chi connectivity index (χ1v) is 16.3. The third-order valence-electron chi connectivity index (χ3n) is 9.53. The van der Waals surface area contributed by atoms with E-state index in [4.69, 9.17) is 4.74 Å². The molecule has 6 rings (SSSR count). The Labute approximate surface area is 269 Å². The molecule has 46 heavy (non-hydrogen) atoms. The molecule has 0 radical (unpaired) electrons. The Morgan fingerprint density at radius 1 is 0.870 bits per heavy atom. The van der Waals surface area contributed by atoms with Gasteiger partial charge in [-0.1, -0.05) is 12.1 Å². The van der Waals surface area contributed by atoms with Crippen molar-refractivity contribution in [2.24, 2.45) is 5.92 Å². The lowest BCUT2D eigenvalue weighted by molar-refractivity contribution is 0.0645. The van der Waals surface area contributed by atoms with Crippen molar-refractivity contribution in [1.29, 1.82) is 0 Å². The number of piperidine rings is 2. The van der Waals surface area contributed by atoms with Gasteiger partial charge in [0.05, 0.1) is 18.7 Å². The number of pyridine rings is 1. The van der Waals surface area contributed by atoms with E-state index in [-0.39, 0.29) is 35.4 Å². The van der Waals surface area contributed by atoms with E-state index in [1.165, 1.54) is 30.8 Å². The van der Waals surface area contributed by atoms with Crippen molar-refractivity contribution in [1.82, 2.24) is 20.1 Å². The number of carbonyl (C=O) groups is 3. The normalized spacial score (nSPS) is 20.8. The van der Waals surface area contributed by atoms with Crippen LogP contribution in [0.3, 0.4) is 0 Å². The highest BCUT2D eigenvalue weighted by molar-refractivity contribution is 5.99. The van der Waals surface area contributed by atoms with Crippen LogP contribution in [0, 0.1) is 5.92 Å². The molecule has 3 fully saturated rings. The number of Topliss-reactive ketones (excluding diaryl/α,β-unsaturated/α-hetero) is 1. The van der Waals surface area contributed by atoms with Crippen molar-refractivity contribution in [3.05, 3.63) is 89.2 Å². The van der Waals surface area contributed by atoms with Gasteiger partial charge in [0.25, 0.3) is 11.8 Å². The zero-order chi connectivity index (χ0) is 32.0. The zero-order valence-electron chi connectivity index (χ0n) is 26.4. The number of nitrogens with zero attached hydrogens (tertiary/aromatic N) is 4. The highest BCUT2D eigenvalue weighted by Crippen LogP contribution is 2.25. The third kappa shape index (κ3) is 7.39. The number of ether oxygens (including phenoxy) is 1. The lowest BCUT2D eigenvalue weighted by atomic mass is 9.88. The Balaban J connectivity index is 0.950. The van der Waals surface area contributed by atoms with E-state index in [2.05, 4.69) is 44.4 Å². The smallest absolute Gasteiger partial charge is 0.272 e. The van der Waals surface area contributed by atoms with E-state index < -0.39 is 18.1 Å². The molecule has 0 aliphatic carbocycles. The Hall–Kier alpha value is -4.31. The number of ketones is 1. The van der Waals surface area contributed by atoms with Crippen LogP contribution < -0.4 is 15.0 Å². The second-order valence-electron chi connectivity index (χ2n) is 12.6. The molecule has 4 heterocycles. The number of hydrogen-bond donors (Lipinski definition) is 1. The molecule has 3 aliphatic heterocycles. The largest absolute Gasteiger partial charge is 0.497 e. The minimum absolute atomic E-state index is 0.0759. The molecular formula is C36H42FN5O4. The number of halogens is 1. The highest BCUT2D eigenvalue weighted by atomic mass is 19.1. The topological polar surface area (TPSA) is 95.1 Å². The van der Waals surface area contributed by atoms with Gasteiger partial charge in [0, 0.05) is 69.2 Å². The predicted octanol–water partition coefficient (Wildman–Crippen LogP) is 4.77. The number of benzene rings is 2. The first kappa shape index (κ1) is 31.7. The van der Waals surface area contributed by atoms with E-state index >= 15 is 4.39 Å². The summed E-state index contributed by atoms with van der Waals surface area (Å²) in [5.74, 6) is -0.00145. The van der Waals surface area contributed by atoms with E-state index in [0.29, 0.717) is 56.8 Å². The van der Waals surface area contributed by atoms with Crippen LogP contribution in [-0.4, -0.2) is 91.0 Å². The number of likely N-dealkylation sites (tertiary alicyclic amines) is 2. The number of methoxy groups -OCH3 is 1. The minimum atomic E-state index is -1.19. The van der Waals surface area contributed by atoms with Crippen LogP contribution in [0.4, 0.5) is 10.1 Å². The van der Waals surface area contributed by atoms with Crippen molar-refractivity contribution in [3.8, 4) is 5.75 Å². The molecule has 242 valence electrons. The fourth-order valence-electron chi connectivity index (χ4n) is 6.72. The molecule has 10 heteroatoms. The fraction of sp³-hybridized carbons (Fsp3) is 0.444. The summed E-state index contributed by atoms with van der Waals surface area (Å²) in [6.07, 6.45) is 4.33. The van der Waals surface area contributed by atoms with Crippen molar-refractivity contribution < 1.29 is 23.5 Å². The summed E-state index contributed by atoms with van der Waals surface area (Å²) in [5, 5.41) is 2.83. The number of anilines is 1. The SMILES string of the molecule is COc1ccc(C(=O)C2CCN(C(=O)c3ccc(C(=O)NC4CCN(Cc5ccc(N6CCCC6)cc5)CC4F)cn3)CC2)cc1. The van der Waals surface area contributed by atoms with Crippen LogP contribution in [0.5, 0.6) is 5.75 Å². The number of hydrogen-bond acceptors (Lipinski definition) is 7. The van der Waals surface area contributed by atoms with Gasteiger partial charge in [0.1, 0.15) is 17.6 Å². The molecule has 2 amide bonds. The Kier molecular flexibility index (Phi) is 9.92. The van der Waals surface area contributed by atoms with E-state index in [9.17, 15) is 14.4 Å². The van der Waals surface area contributed by atoms with Gasteiger partial charge in [-0.05, 0) is 86.2 Å². The molecule has 3 aromatic rings. The predicted molar refractivity (Wildman–Crippen MR) is 174 cm³/mol. The monoisotopic (exact) mass is 627 g/mol. The molecule has 1 aromatic heterocycles. The van der Waals surface area contributed by atoms with Gasteiger partial charge in [-0.2, -0.15) is 0 Å². The molecular weight excluding hydrogens is 585 g/mol. The standard InChI is InChI=1S/C36H42FN5O4/c1-46-30-11-6-26(7-12-30)34(43)27-14-20-42(21-15-27)36(45)33-13-8-28(22-38-33)35(44)39-32-16-19-40(24-31(32)37)23-25-4-9-29(10-5-25)41-17-2-3-18-41/h4-13,22,27,31-32H,2-3,14-21,23-24H2,1H3,(H,39,44). The molecule has 0 bridgehead atoms. The summed E-state index contributed by atoms with van der Waals surface area (Å²) in [5.41, 5.74) is 3.57. The summed E-state index contributed by atoms with van der Waals surface area (Å²) >= 11 is 0. The molecule has 2 unspecified atom stereocenters. The molecule has 9 nitrogen and oxygen atoms in total. The maximum absolute atomic E-state index is 15.2. The van der Waals surface area contributed by atoms with Gasteiger partial charge in [-0.15, -0.1) is 0 Å². The molecule has 0 spiro atoms. The summed E-state index contributed by atoms with van der Waals surface area (Å²) in [6, 6.07) is 18.2.